The Morgan fingerprint density at radius 1 is 0.925 bits per heavy atom. The molecule has 3 rings (SSSR count). The fraction of sp³-hybridized carbons (Fsp3) is 0.310. The lowest BCUT2D eigenvalue weighted by Gasteiger charge is -2.33. The molecular formula is C29H34N4O6S. The van der Waals surface area contributed by atoms with Crippen molar-refractivity contribution in [3.8, 4) is 0 Å². The number of carbonyl (C=O) groups is 2. The summed E-state index contributed by atoms with van der Waals surface area (Å²) in [6.45, 7) is 5.62. The zero-order valence-electron chi connectivity index (χ0n) is 22.8. The highest BCUT2D eigenvalue weighted by atomic mass is 32.2. The average Bonchev–Trinajstić information content (AvgIpc) is 2.95. The van der Waals surface area contributed by atoms with Gasteiger partial charge in [-0.3, -0.25) is 24.0 Å². The normalized spacial score (nSPS) is 12.0. The minimum atomic E-state index is -4.25. The van der Waals surface area contributed by atoms with Gasteiger partial charge in [-0.1, -0.05) is 69.3 Å². The Kier molecular flexibility index (Phi) is 10.4. The molecule has 0 radical (unpaired) electrons. The molecule has 212 valence electrons. The Hall–Kier alpha value is -4.25. The molecular weight excluding hydrogens is 532 g/mol. The van der Waals surface area contributed by atoms with Crippen LogP contribution < -0.4 is 9.62 Å². The molecule has 3 aromatic rings. The fourth-order valence-electron chi connectivity index (χ4n) is 4.11. The first-order valence-corrected chi connectivity index (χ1v) is 14.4. The highest BCUT2D eigenvalue weighted by molar-refractivity contribution is 7.92. The molecule has 0 saturated heterocycles. The molecule has 1 N–H and O–H groups in total. The molecule has 0 aromatic heterocycles. The molecule has 0 fully saturated rings. The van der Waals surface area contributed by atoms with Crippen molar-refractivity contribution in [2.24, 2.45) is 5.92 Å². The van der Waals surface area contributed by atoms with Gasteiger partial charge in [-0.05, 0) is 42.2 Å². The molecule has 0 unspecified atom stereocenters. The summed E-state index contributed by atoms with van der Waals surface area (Å²) in [6, 6.07) is 20.9. The maximum Gasteiger partial charge on any atom is 0.269 e. The third kappa shape index (κ3) is 7.66. The number of nitrogens with zero attached hydrogens (tertiary/aromatic N) is 3. The SMILES string of the molecule is CC[C@@H](C(=O)NCC(C)C)N(Cc1ccccc1)C(=O)CN(c1ccc([N+](=O)[O-])cc1)S(=O)(=O)c1ccccc1. The predicted octanol–water partition coefficient (Wildman–Crippen LogP) is 4.37. The van der Waals surface area contributed by atoms with Crippen LogP contribution in [0.2, 0.25) is 0 Å². The number of nitro benzene ring substituents is 1. The van der Waals surface area contributed by atoms with E-state index in [1.807, 2.05) is 44.2 Å². The maximum absolute atomic E-state index is 14.0. The summed E-state index contributed by atoms with van der Waals surface area (Å²) in [5.74, 6) is -0.713. The van der Waals surface area contributed by atoms with E-state index in [4.69, 9.17) is 0 Å². The molecule has 0 heterocycles. The third-order valence-electron chi connectivity index (χ3n) is 6.22. The Labute approximate surface area is 234 Å². The Morgan fingerprint density at radius 2 is 1.50 bits per heavy atom. The number of nitrogens with one attached hydrogen (secondary N) is 1. The summed E-state index contributed by atoms with van der Waals surface area (Å²) >= 11 is 0. The van der Waals surface area contributed by atoms with E-state index >= 15 is 0 Å². The molecule has 1 atom stereocenters. The summed E-state index contributed by atoms with van der Waals surface area (Å²) in [7, 11) is -4.25. The van der Waals surface area contributed by atoms with Crippen molar-refractivity contribution in [1.82, 2.24) is 10.2 Å². The summed E-state index contributed by atoms with van der Waals surface area (Å²) in [4.78, 5) is 39.1. The lowest BCUT2D eigenvalue weighted by molar-refractivity contribution is -0.384. The van der Waals surface area contributed by atoms with Gasteiger partial charge in [-0.2, -0.15) is 0 Å². The zero-order chi connectivity index (χ0) is 29.3. The van der Waals surface area contributed by atoms with Crippen molar-refractivity contribution in [1.29, 1.82) is 0 Å². The minimum absolute atomic E-state index is 0.0440. The molecule has 0 spiro atoms. The number of nitro groups is 1. The van der Waals surface area contributed by atoms with E-state index in [-0.39, 0.29) is 34.6 Å². The molecule has 0 bridgehead atoms. The van der Waals surface area contributed by atoms with Crippen LogP contribution in [0.3, 0.4) is 0 Å². The maximum atomic E-state index is 14.0. The van der Waals surface area contributed by atoms with Crippen LogP contribution in [0.25, 0.3) is 0 Å². The van der Waals surface area contributed by atoms with Gasteiger partial charge in [0.2, 0.25) is 11.8 Å². The zero-order valence-corrected chi connectivity index (χ0v) is 23.6. The van der Waals surface area contributed by atoms with Gasteiger partial charge in [0.15, 0.2) is 0 Å². The van der Waals surface area contributed by atoms with Gasteiger partial charge in [0.1, 0.15) is 12.6 Å². The van der Waals surface area contributed by atoms with E-state index in [9.17, 15) is 28.1 Å². The molecule has 0 aliphatic rings. The lowest BCUT2D eigenvalue weighted by Crippen LogP contribution is -2.52. The third-order valence-corrected chi connectivity index (χ3v) is 8.01. The Bertz CT molecular complexity index is 1400. The number of anilines is 1. The van der Waals surface area contributed by atoms with Crippen molar-refractivity contribution in [2.45, 2.75) is 44.7 Å². The molecule has 0 saturated carbocycles. The van der Waals surface area contributed by atoms with Gasteiger partial charge in [0.05, 0.1) is 15.5 Å². The molecule has 10 nitrogen and oxygen atoms in total. The number of rotatable bonds is 13. The fourth-order valence-corrected chi connectivity index (χ4v) is 5.55. The van der Waals surface area contributed by atoms with Gasteiger partial charge in [0.25, 0.3) is 15.7 Å². The highest BCUT2D eigenvalue weighted by Gasteiger charge is 2.33. The molecule has 0 aliphatic heterocycles. The van der Waals surface area contributed by atoms with E-state index in [2.05, 4.69) is 5.32 Å². The number of non-ortho nitro benzene ring substituents is 1. The van der Waals surface area contributed by atoms with Crippen LogP contribution in [0.1, 0.15) is 32.8 Å². The van der Waals surface area contributed by atoms with E-state index in [1.54, 1.807) is 25.1 Å². The molecule has 11 heteroatoms. The smallest absolute Gasteiger partial charge is 0.269 e. The number of amides is 2. The van der Waals surface area contributed by atoms with Crippen LogP contribution in [0.4, 0.5) is 11.4 Å². The molecule has 2 amide bonds. The number of carbonyl (C=O) groups excluding carboxylic acids is 2. The van der Waals surface area contributed by atoms with Crippen LogP contribution >= 0.6 is 0 Å². The van der Waals surface area contributed by atoms with Crippen LogP contribution in [-0.4, -0.2) is 49.2 Å². The van der Waals surface area contributed by atoms with Gasteiger partial charge < -0.3 is 10.2 Å². The van der Waals surface area contributed by atoms with E-state index < -0.39 is 33.4 Å². The van der Waals surface area contributed by atoms with Crippen molar-refractivity contribution in [3.05, 3.63) is 101 Å². The number of sulfonamides is 1. The monoisotopic (exact) mass is 566 g/mol. The van der Waals surface area contributed by atoms with Gasteiger partial charge >= 0.3 is 0 Å². The largest absolute Gasteiger partial charge is 0.354 e. The second kappa shape index (κ2) is 13.7. The molecule has 40 heavy (non-hydrogen) atoms. The first-order valence-electron chi connectivity index (χ1n) is 13.0. The predicted molar refractivity (Wildman–Crippen MR) is 153 cm³/mol. The Morgan fingerprint density at radius 3 is 2.02 bits per heavy atom. The molecule has 3 aromatic carbocycles. The number of hydrogen-bond donors (Lipinski definition) is 1. The van der Waals surface area contributed by atoms with Gasteiger partial charge in [-0.25, -0.2) is 8.42 Å². The van der Waals surface area contributed by atoms with Crippen LogP contribution in [0.15, 0.2) is 89.8 Å². The quantitative estimate of drug-likeness (QED) is 0.242. The van der Waals surface area contributed by atoms with Crippen molar-refractivity contribution >= 4 is 33.2 Å². The van der Waals surface area contributed by atoms with Crippen LogP contribution in [0.5, 0.6) is 0 Å². The summed E-state index contributed by atoms with van der Waals surface area (Å²) in [5.41, 5.74) is 0.643. The van der Waals surface area contributed by atoms with E-state index in [0.717, 1.165) is 9.87 Å². The summed E-state index contributed by atoms with van der Waals surface area (Å²) in [5, 5.41) is 14.1. The second-order valence-electron chi connectivity index (χ2n) is 9.67. The number of hydrogen-bond acceptors (Lipinski definition) is 6. The van der Waals surface area contributed by atoms with E-state index in [0.29, 0.717) is 13.0 Å². The van der Waals surface area contributed by atoms with Gasteiger partial charge in [-0.15, -0.1) is 0 Å². The molecule has 0 aliphatic carbocycles. The second-order valence-corrected chi connectivity index (χ2v) is 11.5. The Balaban J connectivity index is 2.04. The van der Waals surface area contributed by atoms with Crippen molar-refractivity contribution in [3.63, 3.8) is 0 Å². The number of benzene rings is 3. The standard InChI is InChI=1S/C29H34N4O6S/c1-4-27(29(35)30-19-22(2)3)31(20-23-11-7-5-8-12-23)28(34)21-32(24-15-17-25(18-16-24)33(36)37)40(38,39)26-13-9-6-10-14-26/h5-18,22,27H,4,19-21H2,1-3H3,(H,30,35)/t27-/m0/s1. The highest BCUT2D eigenvalue weighted by Crippen LogP contribution is 2.26. The van der Waals surface area contributed by atoms with E-state index in [1.165, 1.54) is 41.3 Å². The average molecular weight is 567 g/mol. The first kappa shape index (κ1) is 30.3. The van der Waals surface area contributed by atoms with Crippen LogP contribution in [0, 0.1) is 16.0 Å². The summed E-state index contributed by atoms with van der Waals surface area (Å²) < 4.78 is 28.4. The lowest BCUT2D eigenvalue weighted by atomic mass is 10.1. The summed E-state index contributed by atoms with van der Waals surface area (Å²) in [6.07, 6.45) is 0.311. The van der Waals surface area contributed by atoms with Crippen molar-refractivity contribution < 1.29 is 22.9 Å². The first-order chi connectivity index (χ1) is 19.0. The topological polar surface area (TPSA) is 130 Å². The van der Waals surface area contributed by atoms with Crippen LogP contribution in [-0.2, 0) is 26.2 Å². The minimum Gasteiger partial charge on any atom is -0.354 e. The van der Waals surface area contributed by atoms with Crippen molar-refractivity contribution in [2.75, 3.05) is 17.4 Å². The van der Waals surface area contributed by atoms with Gasteiger partial charge in [0, 0.05) is 25.2 Å².